The van der Waals surface area contributed by atoms with E-state index in [1.807, 2.05) is 13.8 Å². The zero-order valence-corrected chi connectivity index (χ0v) is 8.75. The molecule has 0 heterocycles. The Balaban J connectivity index is 0.00000106. The molecule has 0 aliphatic carbocycles. The van der Waals surface area contributed by atoms with Gasteiger partial charge in [-0.3, -0.25) is 25.0 Å². The minimum atomic E-state index is -0.837. The molecular weight excluding hydrogens is 216 g/mol. The number of hydrogen-bond donors (Lipinski definition) is 0. The zero-order chi connectivity index (χ0) is 12.7. The Hall–Kier alpha value is -2.31. The van der Waals surface area contributed by atoms with Crippen LogP contribution in [-0.2, 0) is 0 Å². The van der Waals surface area contributed by atoms with Crippen LogP contribution in [0.2, 0.25) is 0 Å². The van der Waals surface area contributed by atoms with Gasteiger partial charge in [-0.25, -0.2) is 0 Å². The Bertz CT molecular complexity index is 384. The molecule has 86 valence electrons. The maximum atomic E-state index is 10.4. The molecule has 1 aromatic rings. The van der Waals surface area contributed by atoms with E-state index in [9.17, 15) is 25.0 Å². The Morgan fingerprint density at radius 3 is 1.69 bits per heavy atom. The molecule has 0 N–H and O–H groups in total. The van der Waals surface area contributed by atoms with Gasteiger partial charge < -0.3 is 0 Å². The lowest BCUT2D eigenvalue weighted by molar-refractivity contribution is -0.394. The SMILES string of the molecule is CC.O=Cc1c([N+](=O)[O-])cccc1[N+](=O)[O-]. The molecule has 0 bridgehead atoms. The van der Waals surface area contributed by atoms with Crippen molar-refractivity contribution in [3.63, 3.8) is 0 Å². The van der Waals surface area contributed by atoms with Crippen LogP contribution in [0.15, 0.2) is 18.2 Å². The highest BCUT2D eigenvalue weighted by Crippen LogP contribution is 2.25. The molecule has 7 heteroatoms. The number of carbonyl (C=O) groups excluding carboxylic acids is 1. The smallest absolute Gasteiger partial charge is 0.286 e. The van der Waals surface area contributed by atoms with Gasteiger partial charge in [0.25, 0.3) is 11.4 Å². The van der Waals surface area contributed by atoms with E-state index in [0.29, 0.717) is 0 Å². The normalized spacial score (nSPS) is 8.62. The molecule has 1 rings (SSSR count). The predicted octanol–water partition coefficient (Wildman–Crippen LogP) is 2.34. The first-order valence-corrected chi connectivity index (χ1v) is 4.45. The number of aldehydes is 1. The van der Waals surface area contributed by atoms with Crippen LogP contribution >= 0.6 is 0 Å². The fraction of sp³-hybridized carbons (Fsp3) is 0.222. The predicted molar refractivity (Wildman–Crippen MR) is 56.5 cm³/mol. The Morgan fingerprint density at radius 2 is 1.44 bits per heavy atom. The van der Waals surface area contributed by atoms with Crippen molar-refractivity contribution < 1.29 is 14.6 Å². The number of hydrogen-bond acceptors (Lipinski definition) is 5. The van der Waals surface area contributed by atoms with Gasteiger partial charge in [0.2, 0.25) is 0 Å². The van der Waals surface area contributed by atoms with Gasteiger partial charge >= 0.3 is 0 Å². The number of nitro benzene ring substituents is 2. The number of rotatable bonds is 3. The summed E-state index contributed by atoms with van der Waals surface area (Å²) in [5, 5.41) is 20.8. The molecular formula is C9H10N2O5. The fourth-order valence-electron chi connectivity index (χ4n) is 0.980. The highest BCUT2D eigenvalue weighted by Gasteiger charge is 2.23. The van der Waals surface area contributed by atoms with Gasteiger partial charge in [0.15, 0.2) is 11.8 Å². The summed E-state index contributed by atoms with van der Waals surface area (Å²) in [5.74, 6) is 0. The van der Waals surface area contributed by atoms with Crippen molar-refractivity contribution in [3.05, 3.63) is 44.0 Å². The van der Waals surface area contributed by atoms with Gasteiger partial charge in [-0.15, -0.1) is 0 Å². The summed E-state index contributed by atoms with van der Waals surface area (Å²) >= 11 is 0. The highest BCUT2D eigenvalue weighted by molar-refractivity contribution is 5.87. The van der Waals surface area contributed by atoms with Gasteiger partial charge in [-0.05, 0) is 6.07 Å². The summed E-state index contributed by atoms with van der Waals surface area (Å²) in [6.45, 7) is 4.00. The van der Waals surface area contributed by atoms with Gasteiger partial charge in [0.05, 0.1) is 9.85 Å². The molecule has 0 saturated heterocycles. The van der Waals surface area contributed by atoms with Gasteiger partial charge in [-0.2, -0.15) is 0 Å². The summed E-state index contributed by atoms with van der Waals surface area (Å²) in [5.41, 5.74) is -1.63. The van der Waals surface area contributed by atoms with Crippen molar-refractivity contribution in [2.45, 2.75) is 13.8 Å². The van der Waals surface area contributed by atoms with Crippen LogP contribution in [-0.4, -0.2) is 16.1 Å². The first-order valence-electron chi connectivity index (χ1n) is 4.45. The van der Waals surface area contributed by atoms with Crippen LogP contribution in [0.5, 0.6) is 0 Å². The van der Waals surface area contributed by atoms with E-state index in [2.05, 4.69) is 0 Å². The maximum Gasteiger partial charge on any atom is 0.286 e. The van der Waals surface area contributed by atoms with E-state index >= 15 is 0 Å². The second-order valence-corrected chi connectivity index (χ2v) is 2.34. The number of nitro groups is 2. The molecule has 0 aliphatic rings. The lowest BCUT2D eigenvalue weighted by Gasteiger charge is -1.96. The third-order valence-electron chi connectivity index (χ3n) is 1.57. The van der Waals surface area contributed by atoms with Gasteiger partial charge in [0.1, 0.15) is 0 Å². The number of nitrogens with zero attached hydrogens (tertiary/aromatic N) is 2. The Kier molecular flexibility index (Phi) is 5.33. The van der Waals surface area contributed by atoms with Gasteiger partial charge in [-0.1, -0.05) is 13.8 Å². The van der Waals surface area contributed by atoms with Crippen LogP contribution < -0.4 is 0 Å². The zero-order valence-electron chi connectivity index (χ0n) is 8.75. The van der Waals surface area contributed by atoms with E-state index < -0.39 is 26.8 Å². The fourth-order valence-corrected chi connectivity index (χ4v) is 0.980. The summed E-state index contributed by atoms with van der Waals surface area (Å²) < 4.78 is 0. The van der Waals surface area contributed by atoms with E-state index in [1.165, 1.54) is 0 Å². The van der Waals surface area contributed by atoms with Crippen LogP contribution in [0.4, 0.5) is 11.4 Å². The van der Waals surface area contributed by atoms with Crippen molar-refractivity contribution in [1.29, 1.82) is 0 Å². The largest absolute Gasteiger partial charge is 0.297 e. The summed E-state index contributed by atoms with van der Waals surface area (Å²) in [6.07, 6.45) is 0.107. The molecule has 0 unspecified atom stereocenters. The van der Waals surface area contributed by atoms with Crippen LogP contribution in [0, 0.1) is 20.2 Å². The lowest BCUT2D eigenvalue weighted by atomic mass is 10.1. The second-order valence-electron chi connectivity index (χ2n) is 2.34. The Labute approximate surface area is 91.0 Å². The Morgan fingerprint density at radius 1 is 1.06 bits per heavy atom. The number of carbonyl (C=O) groups is 1. The van der Waals surface area contributed by atoms with Crippen molar-refractivity contribution >= 4 is 17.7 Å². The molecule has 0 aliphatic heterocycles. The molecule has 0 radical (unpaired) electrons. The first kappa shape index (κ1) is 13.7. The first-order chi connectivity index (χ1) is 7.57. The van der Waals surface area contributed by atoms with Gasteiger partial charge in [0, 0.05) is 12.1 Å². The van der Waals surface area contributed by atoms with E-state index in [0.717, 1.165) is 18.2 Å². The molecule has 0 amide bonds. The van der Waals surface area contributed by atoms with Crippen LogP contribution in [0.3, 0.4) is 0 Å². The van der Waals surface area contributed by atoms with Crippen molar-refractivity contribution in [2.24, 2.45) is 0 Å². The van der Waals surface area contributed by atoms with Crippen molar-refractivity contribution in [3.8, 4) is 0 Å². The summed E-state index contributed by atoms with van der Waals surface area (Å²) in [7, 11) is 0. The molecule has 7 nitrogen and oxygen atoms in total. The van der Waals surface area contributed by atoms with E-state index in [-0.39, 0.29) is 6.29 Å². The summed E-state index contributed by atoms with van der Waals surface area (Å²) in [4.78, 5) is 29.5. The van der Waals surface area contributed by atoms with Crippen LogP contribution in [0.25, 0.3) is 0 Å². The molecule has 0 atom stereocenters. The monoisotopic (exact) mass is 226 g/mol. The molecule has 0 saturated carbocycles. The summed E-state index contributed by atoms with van der Waals surface area (Å²) in [6, 6.07) is 3.23. The van der Waals surface area contributed by atoms with Crippen molar-refractivity contribution in [2.75, 3.05) is 0 Å². The maximum absolute atomic E-state index is 10.4. The van der Waals surface area contributed by atoms with Crippen molar-refractivity contribution in [1.82, 2.24) is 0 Å². The van der Waals surface area contributed by atoms with E-state index in [4.69, 9.17) is 0 Å². The third-order valence-corrected chi connectivity index (χ3v) is 1.57. The average molecular weight is 226 g/mol. The number of benzene rings is 1. The highest BCUT2D eigenvalue weighted by atomic mass is 16.6. The molecule has 0 fully saturated rings. The van der Waals surface area contributed by atoms with Crippen LogP contribution in [0.1, 0.15) is 24.2 Å². The molecule has 16 heavy (non-hydrogen) atoms. The average Bonchev–Trinajstić information content (AvgIpc) is 2.30. The third kappa shape index (κ3) is 2.84. The molecule has 0 aromatic heterocycles. The minimum absolute atomic E-state index is 0.107. The lowest BCUT2D eigenvalue weighted by Crippen LogP contribution is -1.99. The molecule has 0 spiro atoms. The topological polar surface area (TPSA) is 103 Å². The second kappa shape index (κ2) is 6.23. The minimum Gasteiger partial charge on any atom is -0.297 e. The molecule has 1 aromatic carbocycles. The standard InChI is InChI=1S/C7H4N2O5.C2H6/c10-4-5-6(8(11)12)2-1-3-7(5)9(13)14;1-2/h1-4H;1-2H3. The van der Waals surface area contributed by atoms with E-state index in [1.54, 1.807) is 0 Å². The quantitative estimate of drug-likeness (QED) is 0.447.